The third kappa shape index (κ3) is 3.14. The number of aromatic nitrogens is 2. The van der Waals surface area contributed by atoms with Crippen LogP contribution in [-0.2, 0) is 0 Å². The minimum absolute atomic E-state index is 0.0805. The van der Waals surface area contributed by atoms with Crippen molar-refractivity contribution in [1.29, 1.82) is 0 Å². The molecule has 1 amide bonds. The van der Waals surface area contributed by atoms with Gasteiger partial charge in [-0.05, 0) is 56.1 Å². The monoisotopic (exact) mass is 363 g/mol. The van der Waals surface area contributed by atoms with Crippen molar-refractivity contribution in [2.75, 3.05) is 25.0 Å². The highest BCUT2D eigenvalue weighted by Crippen LogP contribution is 2.29. The summed E-state index contributed by atoms with van der Waals surface area (Å²) in [4.78, 5) is 23.9. The molecule has 1 aromatic carbocycles. The zero-order chi connectivity index (χ0) is 18.2. The van der Waals surface area contributed by atoms with Crippen LogP contribution in [0.25, 0.3) is 11.1 Å². The number of carbonyl (C=O) groups excluding carboxylic acids is 1. The molecule has 0 spiro atoms. The predicted octanol–water partition coefficient (Wildman–Crippen LogP) is 2.79. The number of rotatable bonds is 4. The van der Waals surface area contributed by atoms with Crippen LogP contribution in [0, 0.1) is 5.92 Å². The molecule has 3 aliphatic rings. The van der Waals surface area contributed by atoms with Gasteiger partial charge in [0.15, 0.2) is 5.58 Å². The quantitative estimate of drug-likeness (QED) is 0.742. The van der Waals surface area contributed by atoms with Gasteiger partial charge in [-0.1, -0.05) is 6.07 Å². The first-order valence-electron chi connectivity index (χ1n) is 9.36. The molecule has 2 bridgehead atoms. The molecule has 3 aliphatic heterocycles. The van der Waals surface area contributed by atoms with E-state index in [1.807, 2.05) is 24.3 Å². The highest BCUT2D eigenvalue weighted by molar-refractivity contribution is 6.04. The van der Waals surface area contributed by atoms with Crippen molar-refractivity contribution >= 4 is 28.7 Å². The summed E-state index contributed by atoms with van der Waals surface area (Å²) in [5.41, 5.74) is 2.55. The van der Waals surface area contributed by atoms with E-state index in [1.54, 1.807) is 18.5 Å². The van der Waals surface area contributed by atoms with Gasteiger partial charge >= 0.3 is 0 Å². The Morgan fingerprint density at radius 3 is 2.70 bits per heavy atom. The van der Waals surface area contributed by atoms with Gasteiger partial charge in [-0.2, -0.15) is 4.98 Å². The number of nitrogens with zero attached hydrogens (tertiary/aromatic N) is 3. The molecule has 3 fully saturated rings. The van der Waals surface area contributed by atoms with Crippen LogP contribution in [-0.4, -0.2) is 46.5 Å². The Balaban J connectivity index is 1.39. The Bertz CT molecular complexity index is 963. The van der Waals surface area contributed by atoms with Crippen LogP contribution in [0.2, 0.25) is 0 Å². The lowest BCUT2D eigenvalue weighted by molar-refractivity contribution is 0.0621. The highest BCUT2D eigenvalue weighted by Gasteiger charge is 2.35. The molecule has 0 unspecified atom stereocenters. The van der Waals surface area contributed by atoms with Crippen molar-refractivity contribution in [2.24, 2.45) is 5.92 Å². The zero-order valence-electron chi connectivity index (χ0n) is 14.9. The molecular weight excluding hydrogens is 342 g/mol. The lowest BCUT2D eigenvalue weighted by atomic mass is 9.84. The molecule has 7 heteroatoms. The molecule has 3 saturated heterocycles. The molecule has 27 heavy (non-hydrogen) atoms. The van der Waals surface area contributed by atoms with E-state index >= 15 is 0 Å². The smallest absolute Gasteiger partial charge is 0.300 e. The van der Waals surface area contributed by atoms with Crippen LogP contribution in [0.3, 0.4) is 0 Å². The largest absolute Gasteiger partial charge is 0.423 e. The van der Waals surface area contributed by atoms with Gasteiger partial charge in [0.2, 0.25) is 0 Å². The van der Waals surface area contributed by atoms with E-state index in [0.29, 0.717) is 28.6 Å². The number of nitrogens with one attached hydrogen (secondary N) is 2. The lowest BCUT2D eigenvalue weighted by Gasteiger charge is -2.44. The molecule has 0 aliphatic carbocycles. The number of piperidine rings is 3. The molecule has 2 aromatic heterocycles. The molecule has 138 valence electrons. The van der Waals surface area contributed by atoms with Crippen molar-refractivity contribution in [3.8, 4) is 0 Å². The minimum Gasteiger partial charge on any atom is -0.423 e. The van der Waals surface area contributed by atoms with Gasteiger partial charge in [-0.25, -0.2) is 0 Å². The summed E-state index contributed by atoms with van der Waals surface area (Å²) in [6.45, 7) is 3.25. The first kappa shape index (κ1) is 16.3. The van der Waals surface area contributed by atoms with Crippen molar-refractivity contribution < 1.29 is 9.21 Å². The van der Waals surface area contributed by atoms with Crippen LogP contribution in [0.15, 0.2) is 47.1 Å². The topological polar surface area (TPSA) is 83.3 Å². The first-order chi connectivity index (χ1) is 13.3. The van der Waals surface area contributed by atoms with E-state index in [9.17, 15) is 4.79 Å². The minimum atomic E-state index is -0.0805. The van der Waals surface area contributed by atoms with Gasteiger partial charge in [-0.3, -0.25) is 9.78 Å². The van der Waals surface area contributed by atoms with E-state index in [4.69, 9.17) is 4.42 Å². The summed E-state index contributed by atoms with van der Waals surface area (Å²) in [5.74, 6) is 0.502. The Hall–Kier alpha value is -2.93. The molecule has 0 saturated carbocycles. The fourth-order valence-electron chi connectivity index (χ4n) is 4.12. The Morgan fingerprint density at radius 2 is 1.96 bits per heavy atom. The summed E-state index contributed by atoms with van der Waals surface area (Å²) in [5, 5.41) is 6.33. The molecule has 0 radical (unpaired) electrons. The maximum absolute atomic E-state index is 12.9. The Morgan fingerprint density at radius 1 is 1.15 bits per heavy atom. The Kier molecular flexibility index (Phi) is 4.01. The van der Waals surface area contributed by atoms with Crippen LogP contribution < -0.4 is 10.6 Å². The normalized spacial score (nSPS) is 24.1. The van der Waals surface area contributed by atoms with Crippen molar-refractivity contribution in [3.63, 3.8) is 0 Å². The summed E-state index contributed by atoms with van der Waals surface area (Å²) in [7, 11) is 0. The molecule has 2 N–H and O–H groups in total. The van der Waals surface area contributed by atoms with Crippen LogP contribution in [0.1, 0.15) is 23.2 Å². The van der Waals surface area contributed by atoms with E-state index in [2.05, 4.69) is 25.5 Å². The number of amides is 1. The number of para-hydroxylation sites is 1. The Labute approximate surface area is 156 Å². The summed E-state index contributed by atoms with van der Waals surface area (Å²) < 4.78 is 5.77. The molecule has 7 nitrogen and oxygen atoms in total. The summed E-state index contributed by atoms with van der Waals surface area (Å²) in [6, 6.07) is 9.69. The van der Waals surface area contributed by atoms with Gasteiger partial charge in [0, 0.05) is 30.7 Å². The van der Waals surface area contributed by atoms with Crippen molar-refractivity contribution in [1.82, 2.24) is 20.2 Å². The van der Waals surface area contributed by atoms with Crippen LogP contribution >= 0.6 is 0 Å². The van der Waals surface area contributed by atoms with Crippen molar-refractivity contribution in [3.05, 3.63) is 48.3 Å². The van der Waals surface area contributed by atoms with E-state index in [0.717, 1.165) is 25.3 Å². The standard InChI is InChI=1S/C20H21N5O2/c26-19(23-16-12-25-10-6-13(16)7-11-25)15-2-1-3-17-18(15)24-20(27-17)22-14-4-8-21-9-5-14/h1-5,8-9,13,16H,6-7,10-12H2,(H,23,26)(H,21,22,24)/t16-/m1/s1. The number of benzene rings is 1. The SMILES string of the molecule is O=C(N[C@@H]1CN2CCC1CC2)c1cccc2oc(Nc3ccncc3)nc12. The molecule has 5 heterocycles. The maximum atomic E-state index is 12.9. The average molecular weight is 363 g/mol. The number of anilines is 2. The number of pyridine rings is 1. The third-order valence-corrected chi connectivity index (χ3v) is 5.57. The molecule has 6 rings (SSSR count). The van der Waals surface area contributed by atoms with E-state index in [1.165, 1.54) is 12.8 Å². The third-order valence-electron chi connectivity index (χ3n) is 5.57. The molecule has 3 aromatic rings. The van der Waals surface area contributed by atoms with Crippen LogP contribution in [0.4, 0.5) is 11.7 Å². The number of hydrogen-bond acceptors (Lipinski definition) is 6. The van der Waals surface area contributed by atoms with E-state index < -0.39 is 0 Å². The summed E-state index contributed by atoms with van der Waals surface area (Å²) in [6.07, 6.45) is 5.72. The van der Waals surface area contributed by atoms with Gasteiger partial charge < -0.3 is 20.0 Å². The average Bonchev–Trinajstić information content (AvgIpc) is 3.12. The first-order valence-corrected chi connectivity index (χ1v) is 9.36. The van der Waals surface area contributed by atoms with Gasteiger partial charge in [0.1, 0.15) is 5.52 Å². The lowest BCUT2D eigenvalue weighted by Crippen LogP contribution is -2.57. The second-order valence-electron chi connectivity index (χ2n) is 7.25. The van der Waals surface area contributed by atoms with E-state index in [-0.39, 0.29) is 11.9 Å². The van der Waals surface area contributed by atoms with Crippen LogP contribution in [0.5, 0.6) is 0 Å². The van der Waals surface area contributed by atoms with Gasteiger partial charge in [-0.15, -0.1) is 0 Å². The highest BCUT2D eigenvalue weighted by atomic mass is 16.4. The number of fused-ring (bicyclic) bond motifs is 4. The second-order valence-corrected chi connectivity index (χ2v) is 7.25. The zero-order valence-corrected chi connectivity index (χ0v) is 14.9. The summed E-state index contributed by atoms with van der Waals surface area (Å²) >= 11 is 0. The number of oxazole rings is 1. The number of hydrogen-bond donors (Lipinski definition) is 2. The maximum Gasteiger partial charge on any atom is 0.300 e. The molecular formula is C20H21N5O2. The second kappa shape index (κ2) is 6.66. The predicted molar refractivity (Wildman–Crippen MR) is 102 cm³/mol. The van der Waals surface area contributed by atoms with Gasteiger partial charge in [0.05, 0.1) is 5.56 Å². The van der Waals surface area contributed by atoms with Crippen molar-refractivity contribution in [2.45, 2.75) is 18.9 Å². The molecule has 1 atom stereocenters. The van der Waals surface area contributed by atoms with Gasteiger partial charge in [0.25, 0.3) is 11.9 Å². The fourth-order valence-corrected chi connectivity index (χ4v) is 4.12. The number of carbonyl (C=O) groups is 1. The fraction of sp³-hybridized carbons (Fsp3) is 0.350.